The number of hydrogen-bond acceptors (Lipinski definition) is 5. The van der Waals surface area contributed by atoms with Crippen LogP contribution in [0.3, 0.4) is 0 Å². The number of hydrogen-bond donors (Lipinski definition) is 2. The highest BCUT2D eigenvalue weighted by atomic mass is 32.2. The molecule has 0 saturated carbocycles. The fourth-order valence-electron chi connectivity index (χ4n) is 2.11. The van der Waals surface area contributed by atoms with Crippen LogP contribution in [0.1, 0.15) is 32.4 Å². The molecular weight excluding hydrogens is 280 g/mol. The standard InChI is InChI=1S/C13H22N2O4S/c1-3-7-14-9-11-4-5-12(19-11)20(16,17)15-13(2)6-8-18-10-13/h4-5,14-15H,3,6-10H2,1-2H3. The van der Waals surface area contributed by atoms with Crippen LogP contribution < -0.4 is 10.0 Å². The zero-order chi connectivity index (χ0) is 14.6. The van der Waals surface area contributed by atoms with Crippen LogP contribution in [-0.4, -0.2) is 33.7 Å². The quantitative estimate of drug-likeness (QED) is 0.741. The lowest BCUT2D eigenvalue weighted by Crippen LogP contribution is -2.46. The topological polar surface area (TPSA) is 80.6 Å². The van der Waals surface area contributed by atoms with Crippen LogP contribution in [-0.2, 0) is 21.3 Å². The Morgan fingerprint density at radius 3 is 2.85 bits per heavy atom. The van der Waals surface area contributed by atoms with Crippen LogP contribution in [0.2, 0.25) is 0 Å². The van der Waals surface area contributed by atoms with Crippen molar-refractivity contribution in [3.63, 3.8) is 0 Å². The summed E-state index contributed by atoms with van der Waals surface area (Å²) in [6, 6.07) is 3.18. The molecule has 1 unspecified atom stereocenters. The molecule has 20 heavy (non-hydrogen) atoms. The second kappa shape index (κ2) is 6.26. The van der Waals surface area contributed by atoms with Crippen molar-refractivity contribution in [2.75, 3.05) is 19.8 Å². The largest absolute Gasteiger partial charge is 0.447 e. The molecule has 0 bridgehead atoms. The van der Waals surface area contributed by atoms with E-state index in [1.807, 2.05) is 6.92 Å². The predicted octanol–water partition coefficient (Wildman–Crippen LogP) is 1.24. The summed E-state index contributed by atoms with van der Waals surface area (Å²) in [5, 5.41) is 3.13. The van der Waals surface area contributed by atoms with E-state index in [0.717, 1.165) is 13.0 Å². The Bertz CT molecular complexity index is 532. The molecule has 1 fully saturated rings. The Labute approximate surface area is 119 Å². The first kappa shape index (κ1) is 15.5. The number of nitrogens with one attached hydrogen (secondary N) is 2. The van der Waals surface area contributed by atoms with Crippen molar-refractivity contribution < 1.29 is 17.6 Å². The minimum atomic E-state index is -3.64. The minimum absolute atomic E-state index is 0.0427. The Morgan fingerprint density at radius 1 is 1.40 bits per heavy atom. The Morgan fingerprint density at radius 2 is 2.20 bits per heavy atom. The van der Waals surface area contributed by atoms with E-state index in [4.69, 9.17) is 9.15 Å². The SMILES string of the molecule is CCCNCc1ccc(S(=O)(=O)NC2(C)CCOC2)o1. The van der Waals surface area contributed by atoms with E-state index in [9.17, 15) is 8.42 Å². The van der Waals surface area contributed by atoms with Gasteiger partial charge in [-0.2, -0.15) is 0 Å². The fraction of sp³-hybridized carbons (Fsp3) is 0.692. The van der Waals surface area contributed by atoms with Gasteiger partial charge in [0.15, 0.2) is 0 Å². The highest BCUT2D eigenvalue weighted by Gasteiger charge is 2.35. The van der Waals surface area contributed by atoms with Crippen LogP contribution in [0.5, 0.6) is 0 Å². The number of furan rings is 1. The first-order valence-electron chi connectivity index (χ1n) is 6.86. The Hall–Kier alpha value is -0.890. The van der Waals surface area contributed by atoms with Gasteiger partial charge in [-0.15, -0.1) is 0 Å². The monoisotopic (exact) mass is 302 g/mol. The molecule has 1 atom stereocenters. The van der Waals surface area contributed by atoms with E-state index in [1.165, 1.54) is 6.07 Å². The molecule has 1 aromatic heterocycles. The van der Waals surface area contributed by atoms with Crippen molar-refractivity contribution >= 4 is 10.0 Å². The third kappa shape index (κ3) is 3.82. The van der Waals surface area contributed by atoms with Gasteiger partial charge >= 0.3 is 0 Å². The number of sulfonamides is 1. The number of ether oxygens (including phenoxy) is 1. The van der Waals surface area contributed by atoms with Crippen LogP contribution in [0.4, 0.5) is 0 Å². The molecule has 0 aromatic carbocycles. The Kier molecular flexibility index (Phi) is 4.85. The van der Waals surface area contributed by atoms with E-state index < -0.39 is 15.6 Å². The maximum atomic E-state index is 12.3. The molecule has 7 heteroatoms. The second-order valence-electron chi connectivity index (χ2n) is 5.37. The smallest absolute Gasteiger partial charge is 0.274 e. The van der Waals surface area contributed by atoms with Crippen LogP contribution >= 0.6 is 0 Å². The van der Waals surface area contributed by atoms with Crippen LogP contribution in [0.25, 0.3) is 0 Å². The van der Waals surface area contributed by atoms with E-state index in [1.54, 1.807) is 6.07 Å². The molecule has 0 spiro atoms. The lowest BCUT2D eigenvalue weighted by atomic mass is 10.0. The fourth-order valence-corrected chi connectivity index (χ4v) is 3.48. The molecule has 1 aliphatic heterocycles. The van der Waals surface area contributed by atoms with E-state index >= 15 is 0 Å². The predicted molar refractivity (Wildman–Crippen MR) is 74.9 cm³/mol. The summed E-state index contributed by atoms with van der Waals surface area (Å²) in [7, 11) is -3.64. The Balaban J connectivity index is 2.02. The summed E-state index contributed by atoms with van der Waals surface area (Å²) >= 11 is 0. The molecule has 2 heterocycles. The summed E-state index contributed by atoms with van der Waals surface area (Å²) < 4.78 is 37.8. The molecule has 6 nitrogen and oxygen atoms in total. The zero-order valence-electron chi connectivity index (χ0n) is 11.9. The normalized spacial score (nSPS) is 23.3. The summed E-state index contributed by atoms with van der Waals surface area (Å²) in [6.07, 6.45) is 1.68. The average molecular weight is 302 g/mol. The van der Waals surface area contributed by atoms with Gasteiger partial charge in [0.1, 0.15) is 5.76 Å². The van der Waals surface area contributed by atoms with Gasteiger partial charge in [-0.3, -0.25) is 0 Å². The van der Waals surface area contributed by atoms with Crippen molar-refractivity contribution in [3.05, 3.63) is 17.9 Å². The molecule has 1 saturated heterocycles. The number of rotatable bonds is 7. The first-order valence-corrected chi connectivity index (χ1v) is 8.35. The van der Waals surface area contributed by atoms with Gasteiger partial charge in [-0.25, -0.2) is 13.1 Å². The van der Waals surface area contributed by atoms with Crippen LogP contribution in [0.15, 0.2) is 21.6 Å². The highest BCUT2D eigenvalue weighted by molar-refractivity contribution is 7.89. The maximum absolute atomic E-state index is 12.3. The van der Waals surface area contributed by atoms with Gasteiger partial charge in [-0.1, -0.05) is 6.92 Å². The lowest BCUT2D eigenvalue weighted by molar-refractivity contribution is 0.178. The van der Waals surface area contributed by atoms with Gasteiger partial charge < -0.3 is 14.5 Å². The van der Waals surface area contributed by atoms with Crippen molar-refractivity contribution in [1.82, 2.24) is 10.0 Å². The average Bonchev–Trinajstić information content (AvgIpc) is 2.98. The summed E-state index contributed by atoms with van der Waals surface area (Å²) in [6.45, 7) is 6.27. The molecule has 2 rings (SSSR count). The molecule has 1 aliphatic rings. The third-order valence-corrected chi connectivity index (χ3v) is 4.74. The maximum Gasteiger partial charge on any atom is 0.274 e. The summed E-state index contributed by atoms with van der Waals surface area (Å²) in [4.78, 5) is 0. The molecule has 2 N–H and O–H groups in total. The van der Waals surface area contributed by atoms with Gasteiger partial charge in [0.05, 0.1) is 18.7 Å². The molecule has 1 aromatic rings. The molecule has 0 radical (unpaired) electrons. The molecule has 114 valence electrons. The summed E-state index contributed by atoms with van der Waals surface area (Å²) in [5.74, 6) is 0.617. The van der Waals surface area contributed by atoms with E-state index in [0.29, 0.717) is 31.9 Å². The van der Waals surface area contributed by atoms with Gasteiger partial charge in [0.25, 0.3) is 10.0 Å². The molecule has 0 amide bonds. The van der Waals surface area contributed by atoms with Crippen LogP contribution in [0, 0.1) is 0 Å². The molecule has 0 aliphatic carbocycles. The summed E-state index contributed by atoms with van der Waals surface area (Å²) in [5.41, 5.74) is -0.549. The van der Waals surface area contributed by atoms with Gasteiger partial charge in [0.2, 0.25) is 5.09 Å². The van der Waals surface area contributed by atoms with E-state index in [2.05, 4.69) is 17.0 Å². The zero-order valence-corrected chi connectivity index (χ0v) is 12.8. The van der Waals surface area contributed by atoms with E-state index in [-0.39, 0.29) is 5.09 Å². The lowest BCUT2D eigenvalue weighted by Gasteiger charge is -2.22. The van der Waals surface area contributed by atoms with Crippen molar-refractivity contribution in [1.29, 1.82) is 0 Å². The molecular formula is C13H22N2O4S. The first-order chi connectivity index (χ1) is 9.45. The highest BCUT2D eigenvalue weighted by Crippen LogP contribution is 2.22. The van der Waals surface area contributed by atoms with Crippen molar-refractivity contribution in [2.45, 2.75) is 43.9 Å². The third-order valence-electron chi connectivity index (χ3n) is 3.23. The van der Waals surface area contributed by atoms with Crippen molar-refractivity contribution in [2.24, 2.45) is 0 Å². The minimum Gasteiger partial charge on any atom is -0.447 e. The van der Waals surface area contributed by atoms with Gasteiger partial charge in [0, 0.05) is 6.61 Å². The second-order valence-corrected chi connectivity index (χ2v) is 6.98. The van der Waals surface area contributed by atoms with Crippen molar-refractivity contribution in [3.8, 4) is 0 Å². The van der Waals surface area contributed by atoms with Gasteiger partial charge in [-0.05, 0) is 38.4 Å².